The Hall–Kier alpha value is -10.0. The van der Waals surface area contributed by atoms with Crippen molar-refractivity contribution in [3.8, 4) is 22.4 Å². The fourth-order valence-electron chi connectivity index (χ4n) is 16.2. The van der Waals surface area contributed by atoms with Crippen LogP contribution in [0, 0.1) is 29.1 Å². The summed E-state index contributed by atoms with van der Waals surface area (Å²) in [5.41, 5.74) is 9.10. The summed E-state index contributed by atoms with van der Waals surface area (Å²) in [6, 6.07) is 21.4. The predicted molar refractivity (Wildman–Crippen MR) is 384 cm³/mol. The highest BCUT2D eigenvalue weighted by Crippen LogP contribution is 2.72. The molecule has 3 aromatic carbocycles. The minimum Gasteiger partial charge on any atom is -0.476 e. The molecular formula is C73H85N13O15S2. The lowest BCUT2D eigenvalue weighted by Crippen LogP contribution is -2.64. The summed E-state index contributed by atoms with van der Waals surface area (Å²) in [6.45, 7) is 10.1. The van der Waals surface area contributed by atoms with E-state index in [1.54, 1.807) is 86.9 Å². The number of aromatic nitrogens is 5. The van der Waals surface area contributed by atoms with Crippen molar-refractivity contribution >= 4 is 107 Å². The molecule has 103 heavy (non-hydrogen) atoms. The molecule has 7 aromatic rings. The SMILES string of the molecule is Cc1c(-c2ccc(-c3ccc4nccc(C(=O)Nc5nc6ccccc6s5)c4c3)nc2C(=O)O)cnn1CC12CC3(C)CC(C)(C1)CC(OCCN(CCS(=O)(=O)O)C(=O)OCc1ccc(NC(=O)[C@H](CCCNC(N)=O)NC(=O)[C@@H](NC(=O)CCCCCN4C(=O)C=CC4=O)C(C)C)cc1)(C3)C2. The second-order valence-corrected chi connectivity index (χ2v) is 31.3. The van der Waals surface area contributed by atoms with Crippen LogP contribution >= 0.6 is 11.3 Å². The molecular weight excluding hydrogens is 1360 g/mol. The second kappa shape index (κ2) is 30.9. The Morgan fingerprint density at radius 1 is 0.796 bits per heavy atom. The number of amides is 9. The number of fused-ring (bicyclic) bond motifs is 2. The molecule has 4 aromatic heterocycles. The number of carboxylic acid groups (broad SMARTS) is 1. The van der Waals surface area contributed by atoms with E-state index in [-0.39, 0.29) is 97.7 Å². The predicted octanol–water partition coefficient (Wildman–Crippen LogP) is 9.19. The Morgan fingerprint density at radius 2 is 1.53 bits per heavy atom. The van der Waals surface area contributed by atoms with Crippen LogP contribution in [0.1, 0.15) is 137 Å². The lowest BCUT2D eigenvalue weighted by atomic mass is 9.39. The number of nitrogens with two attached hydrogens (primary N) is 1. The van der Waals surface area contributed by atoms with Crippen molar-refractivity contribution in [1.82, 2.24) is 50.5 Å². The lowest BCUT2D eigenvalue weighted by molar-refractivity contribution is -0.248. The molecule has 544 valence electrons. The van der Waals surface area contributed by atoms with Crippen LogP contribution in [-0.2, 0) is 56.7 Å². The molecule has 4 bridgehead atoms. The first kappa shape index (κ1) is 74.2. The summed E-state index contributed by atoms with van der Waals surface area (Å²) in [5, 5.41) is 30.3. The van der Waals surface area contributed by atoms with Crippen molar-refractivity contribution in [2.24, 2.45) is 27.9 Å². The Morgan fingerprint density at radius 3 is 2.23 bits per heavy atom. The van der Waals surface area contributed by atoms with Crippen molar-refractivity contribution in [3.63, 3.8) is 0 Å². The average molecular weight is 1450 g/mol. The molecule has 30 heteroatoms. The van der Waals surface area contributed by atoms with Gasteiger partial charge >= 0.3 is 18.1 Å². The van der Waals surface area contributed by atoms with Crippen molar-refractivity contribution in [1.29, 1.82) is 0 Å². The zero-order chi connectivity index (χ0) is 73.6. The minimum atomic E-state index is -4.52. The van der Waals surface area contributed by atoms with Crippen LogP contribution in [0.5, 0.6) is 0 Å². The van der Waals surface area contributed by atoms with E-state index in [4.69, 9.17) is 25.3 Å². The number of nitrogens with one attached hydrogen (secondary N) is 5. The number of primary amides is 1. The number of pyridine rings is 2. The third-order valence-corrected chi connectivity index (χ3v) is 21.4. The molecule has 5 aliphatic rings. The van der Waals surface area contributed by atoms with Crippen molar-refractivity contribution in [3.05, 3.63) is 132 Å². The van der Waals surface area contributed by atoms with Gasteiger partial charge in [-0.05, 0) is 153 Å². The summed E-state index contributed by atoms with van der Waals surface area (Å²) in [6.07, 6.45) is 11.6. The summed E-state index contributed by atoms with van der Waals surface area (Å²) in [4.78, 5) is 133. The Kier molecular flexibility index (Phi) is 22.2. The number of carbonyl (C=O) groups is 9. The molecule has 0 spiro atoms. The normalized spacial score (nSPS) is 20.3. The van der Waals surface area contributed by atoms with Gasteiger partial charge in [-0.3, -0.25) is 53.2 Å². The average Bonchev–Trinajstić information content (AvgIpc) is 0.895. The summed E-state index contributed by atoms with van der Waals surface area (Å²) in [7, 11) is -4.52. The fraction of sp³-hybridized carbons (Fsp3) is 0.438. The monoisotopic (exact) mass is 1450 g/mol. The summed E-state index contributed by atoms with van der Waals surface area (Å²) < 4.78 is 49.6. The smallest absolute Gasteiger partial charge is 0.410 e. The molecule has 9 N–H and O–H groups in total. The molecule has 0 saturated heterocycles. The van der Waals surface area contributed by atoms with E-state index in [0.29, 0.717) is 87.5 Å². The number of aromatic carboxylic acids is 1. The van der Waals surface area contributed by atoms with Crippen molar-refractivity contribution in [2.45, 2.75) is 143 Å². The number of hydrogen-bond donors (Lipinski definition) is 8. The highest BCUT2D eigenvalue weighted by molar-refractivity contribution is 7.85. The van der Waals surface area contributed by atoms with E-state index in [9.17, 15) is 61.2 Å². The van der Waals surface area contributed by atoms with Crippen molar-refractivity contribution < 1.29 is 70.7 Å². The van der Waals surface area contributed by atoms with Crippen LogP contribution in [0.3, 0.4) is 0 Å². The van der Waals surface area contributed by atoms with E-state index in [2.05, 4.69) is 50.4 Å². The third kappa shape index (κ3) is 18.1. The van der Waals surface area contributed by atoms with E-state index >= 15 is 0 Å². The molecule has 9 amide bonds. The van der Waals surface area contributed by atoms with E-state index in [0.717, 1.165) is 52.9 Å². The fourth-order valence-corrected chi connectivity index (χ4v) is 17.5. The van der Waals surface area contributed by atoms with Crippen LogP contribution < -0.4 is 32.3 Å². The van der Waals surface area contributed by atoms with Gasteiger partial charge in [0.25, 0.3) is 27.8 Å². The maximum absolute atomic E-state index is 13.9. The number of anilines is 2. The standard InChI is InChI=1S/C73H85N13O15S2/c1-44(2)61(82-58(87)15-7-6-10-29-85-59(88)24-25-60(85)89)65(92)80-56(13-11-27-76-67(74)95)64(91)78-48-19-16-46(17-20-48)36-100-69(96)84(31-33-103(97,98)99)30-32-101-73-40-70(4)37-71(5,41-73)39-72(38-70,42-73)43-86-45(3)52(35-77-86)49-21-23-53(79-62(49)66(93)94)47-18-22-54-51(34-47)50(26-28-75-54)63(90)83-68-81-55-12-8-9-14-57(55)102-68/h8-9,12,14,16-26,28,34-35,44,56,61H,6-7,10-11,13,15,27,29-33,36-43H2,1-5H3,(H,78,91)(H,80,92)(H,82,87)(H,93,94)(H3,74,76,95)(H,81,83,90)(H,97,98,99)/t56-,61-,70?,71?,72?,73?/m0/s1. The van der Waals surface area contributed by atoms with Gasteiger partial charge in [-0.1, -0.05) is 75.8 Å². The number of ether oxygens (including phenoxy) is 2. The highest BCUT2D eigenvalue weighted by atomic mass is 32.2. The van der Waals surface area contributed by atoms with Gasteiger partial charge in [0.05, 0.1) is 51.1 Å². The summed E-state index contributed by atoms with van der Waals surface area (Å²) >= 11 is 1.36. The molecule has 2 unspecified atom stereocenters. The van der Waals surface area contributed by atoms with E-state index < -0.39 is 75.9 Å². The number of hydrogen-bond acceptors (Lipinski definition) is 18. The molecule has 4 fully saturated rings. The Balaban J connectivity index is 0.707. The van der Waals surface area contributed by atoms with Gasteiger partial charge in [-0.2, -0.15) is 13.5 Å². The molecule has 4 atom stereocenters. The second-order valence-electron chi connectivity index (χ2n) is 28.7. The van der Waals surface area contributed by atoms with Crippen LogP contribution in [0.2, 0.25) is 0 Å². The number of imide groups is 1. The van der Waals surface area contributed by atoms with Crippen molar-refractivity contribution in [2.75, 3.05) is 49.2 Å². The topological polar surface area (TPSA) is 396 Å². The van der Waals surface area contributed by atoms with Gasteiger partial charge in [-0.15, -0.1) is 0 Å². The molecule has 5 heterocycles. The summed E-state index contributed by atoms with van der Waals surface area (Å²) in [5.74, 6) is -5.13. The number of nitrogens with zero attached hydrogens (tertiary/aromatic N) is 7. The van der Waals surface area contributed by atoms with Gasteiger partial charge in [0.1, 0.15) is 18.7 Å². The van der Waals surface area contributed by atoms with Crippen LogP contribution in [-0.4, -0.2) is 162 Å². The molecule has 0 radical (unpaired) electrons. The molecule has 12 rings (SSSR count). The highest BCUT2D eigenvalue weighted by Gasteiger charge is 2.66. The Labute approximate surface area is 599 Å². The largest absolute Gasteiger partial charge is 0.476 e. The molecule has 4 aliphatic carbocycles. The number of carboxylic acids is 1. The van der Waals surface area contributed by atoms with Gasteiger partial charge in [0.2, 0.25) is 17.7 Å². The number of para-hydroxylation sites is 1. The van der Waals surface area contributed by atoms with E-state index in [1.807, 2.05) is 35.9 Å². The number of unbranched alkanes of at least 4 members (excludes halogenated alkanes) is 2. The number of carbonyl (C=O) groups excluding carboxylic acids is 8. The molecule has 4 saturated carbocycles. The lowest BCUT2D eigenvalue weighted by Gasteiger charge is -2.69. The van der Waals surface area contributed by atoms with Gasteiger partial charge in [0.15, 0.2) is 10.8 Å². The quantitative estimate of drug-likeness (QED) is 0.0111. The first-order valence-corrected chi connectivity index (χ1v) is 36.8. The maximum Gasteiger partial charge on any atom is 0.410 e. The zero-order valence-corrected chi connectivity index (χ0v) is 59.6. The Bertz CT molecular complexity index is 4530. The molecule has 28 nitrogen and oxygen atoms in total. The number of thiazole rings is 1. The van der Waals surface area contributed by atoms with Crippen LogP contribution in [0.15, 0.2) is 109 Å². The minimum absolute atomic E-state index is 0.0192. The number of rotatable bonds is 32. The first-order chi connectivity index (χ1) is 49.0. The first-order valence-electron chi connectivity index (χ1n) is 34.4. The molecule has 1 aliphatic heterocycles. The van der Waals surface area contributed by atoms with Gasteiger partial charge in [0, 0.05) is 91.0 Å². The number of urea groups is 1. The van der Waals surface area contributed by atoms with E-state index in [1.165, 1.54) is 28.4 Å². The maximum atomic E-state index is 13.9. The van der Waals surface area contributed by atoms with Gasteiger partial charge < -0.3 is 46.5 Å². The third-order valence-electron chi connectivity index (χ3n) is 19.7. The van der Waals surface area contributed by atoms with Crippen LogP contribution in [0.4, 0.5) is 20.4 Å². The van der Waals surface area contributed by atoms with Crippen LogP contribution in [0.25, 0.3) is 43.5 Å². The zero-order valence-electron chi connectivity index (χ0n) is 58.0. The number of benzene rings is 3. The van der Waals surface area contributed by atoms with Gasteiger partial charge in [-0.25, -0.2) is 24.4 Å².